The zero-order chi connectivity index (χ0) is 28.6. The molecule has 208 valence electrons. The van der Waals surface area contributed by atoms with E-state index in [1.54, 1.807) is 25.7 Å². The van der Waals surface area contributed by atoms with Gasteiger partial charge in [0.1, 0.15) is 6.61 Å². The largest absolute Gasteiger partial charge is 0.482 e. The molecule has 1 aliphatic carbocycles. The molecule has 0 aromatic heterocycles. The minimum atomic E-state index is -5.08. The van der Waals surface area contributed by atoms with E-state index in [1.807, 2.05) is 29.2 Å². The van der Waals surface area contributed by atoms with E-state index in [1.165, 1.54) is 0 Å². The van der Waals surface area contributed by atoms with Crippen LogP contribution in [0, 0.1) is 20.8 Å². The monoisotopic (exact) mass is 548 g/mol. The van der Waals surface area contributed by atoms with E-state index in [4.69, 9.17) is 10.3 Å². The van der Waals surface area contributed by atoms with E-state index in [0.717, 1.165) is 22.3 Å². The van der Waals surface area contributed by atoms with Gasteiger partial charge in [-0.15, -0.1) is 0 Å². The molecule has 0 atom stereocenters. The molecule has 3 aromatic rings. The summed E-state index contributed by atoms with van der Waals surface area (Å²) < 4.78 is 46.2. The maximum atomic E-state index is 13.5. The molecule has 0 radical (unpaired) electrons. The second-order valence-corrected chi connectivity index (χ2v) is 10.4. The Morgan fingerprint density at radius 2 is 1.52 bits per heavy atom. The van der Waals surface area contributed by atoms with Crippen LogP contribution >= 0.6 is 0 Å². The van der Waals surface area contributed by atoms with Gasteiger partial charge in [-0.05, 0) is 65.2 Å². The fraction of sp³-hybridized carbons (Fsp3) is 0.345. The van der Waals surface area contributed by atoms with Crippen molar-refractivity contribution in [3.05, 3.63) is 92.4 Å². The topological polar surface area (TPSA) is 81.5 Å². The Kier molecular flexibility index (Phi) is 7.42. The fourth-order valence-corrected chi connectivity index (χ4v) is 6.25. The number of ether oxygens (including phenoxy) is 1. The lowest BCUT2D eigenvalue weighted by Gasteiger charge is -2.38. The molecule has 1 aliphatic heterocycles. The maximum absolute atomic E-state index is 13.5. The lowest BCUT2D eigenvalue weighted by Crippen LogP contribution is -2.49. The van der Waals surface area contributed by atoms with E-state index in [0.29, 0.717) is 48.6 Å². The Hall–Kier alpha value is -4.11. The van der Waals surface area contributed by atoms with Gasteiger partial charge in [0, 0.05) is 48.4 Å². The molecule has 1 heterocycles. The van der Waals surface area contributed by atoms with Crippen LogP contribution in [0.2, 0.25) is 0 Å². The Bertz CT molecular complexity index is 1470. The van der Waals surface area contributed by atoms with E-state index in [9.17, 15) is 17.7 Å². The Morgan fingerprint density at radius 1 is 0.950 bits per heavy atom. The van der Waals surface area contributed by atoms with Gasteiger partial charge < -0.3 is 27.5 Å². The number of benzene rings is 3. The lowest BCUT2D eigenvalue weighted by atomic mass is 9.77. The van der Waals surface area contributed by atoms with Crippen molar-refractivity contribution in [2.45, 2.75) is 33.0 Å². The molecule has 1 saturated heterocycles. The predicted molar refractivity (Wildman–Crippen MR) is 151 cm³/mol. The maximum Gasteiger partial charge on any atom is 0.482 e. The minimum Gasteiger partial charge on any atom is -0.449 e. The average molecular weight is 548 g/mol. The number of carbonyl (C=O) groups is 1. The number of hydrogen-bond donors (Lipinski definition) is 0. The third kappa shape index (κ3) is 5.09. The van der Waals surface area contributed by atoms with Crippen molar-refractivity contribution in [2.75, 3.05) is 37.7 Å². The van der Waals surface area contributed by atoms with E-state index >= 15 is 0 Å². The number of hydrogen-bond acceptors (Lipinski definition) is 4. The number of carbonyl (C=O) groups excluding carboxylic acids is 1. The Labute approximate surface area is 231 Å². The van der Waals surface area contributed by atoms with Crippen LogP contribution in [0.3, 0.4) is 0 Å². The van der Waals surface area contributed by atoms with E-state index in [-0.39, 0.29) is 23.8 Å². The number of nitrogens with zero attached hydrogens (tertiary/aromatic N) is 5. The van der Waals surface area contributed by atoms with E-state index in [2.05, 4.69) is 34.3 Å². The highest BCUT2D eigenvalue weighted by atomic mass is 19.4. The summed E-state index contributed by atoms with van der Waals surface area (Å²) in [5.74, 6) is -0.0387. The summed E-state index contributed by atoms with van der Waals surface area (Å²) in [7, 11) is 0. The number of azide groups is 1. The molecule has 40 heavy (non-hydrogen) atoms. The molecule has 0 unspecified atom stereocenters. The Morgan fingerprint density at radius 3 is 2.08 bits per heavy atom. The molecule has 0 saturated carbocycles. The first-order valence-corrected chi connectivity index (χ1v) is 13.3. The standard InChI is InChI=1S/C29H30BF3N5O2/c1-18-25(16-30(31,32)33)19(2)28(20(3)27(18)35-36-34)37-12-14-38(15-13-37)29(39)40-17-26-23-10-6-4-8-21(23)22-9-5-7-11-24(22)26/h4-11,26H,12-17H2,1-3H3/q-1. The SMILES string of the molecule is Cc1c(C[B-](F)(F)F)c(C)c(N2CCN(C(=O)OCC3c4ccccc4-c4ccccc43)CC2)c(C)c1N=[N+]=[N-]. The summed E-state index contributed by atoms with van der Waals surface area (Å²) in [6.07, 6.45) is -1.45. The second kappa shape index (κ2) is 10.8. The fourth-order valence-electron chi connectivity index (χ4n) is 6.25. The highest BCUT2D eigenvalue weighted by molar-refractivity contribution is 6.58. The van der Waals surface area contributed by atoms with Gasteiger partial charge in [0.15, 0.2) is 0 Å². The third-order valence-corrected chi connectivity index (χ3v) is 8.10. The molecular formula is C29H30BF3N5O2-. The van der Waals surface area contributed by atoms with Crippen molar-refractivity contribution in [1.29, 1.82) is 0 Å². The molecule has 3 aromatic carbocycles. The summed E-state index contributed by atoms with van der Waals surface area (Å²) in [5, 5.41) is 3.74. The normalized spacial score (nSPS) is 14.9. The number of piperazine rings is 1. The minimum absolute atomic E-state index is 0.0387. The van der Waals surface area contributed by atoms with Crippen LogP contribution < -0.4 is 4.90 Å². The van der Waals surface area contributed by atoms with Gasteiger partial charge in [-0.25, -0.2) is 4.79 Å². The van der Waals surface area contributed by atoms with Crippen molar-refractivity contribution >= 4 is 24.4 Å². The van der Waals surface area contributed by atoms with Crippen molar-refractivity contribution in [2.24, 2.45) is 5.11 Å². The average Bonchev–Trinajstić information content (AvgIpc) is 3.26. The zero-order valence-corrected chi connectivity index (χ0v) is 22.7. The number of fused-ring (bicyclic) bond motifs is 3. The number of anilines is 1. The highest BCUT2D eigenvalue weighted by Crippen LogP contribution is 2.45. The van der Waals surface area contributed by atoms with Crippen molar-refractivity contribution in [3.63, 3.8) is 0 Å². The quantitative estimate of drug-likeness (QED) is 0.138. The number of halogens is 3. The van der Waals surface area contributed by atoms with Crippen molar-refractivity contribution in [1.82, 2.24) is 4.90 Å². The van der Waals surface area contributed by atoms with Gasteiger partial charge in [0.05, 0.1) is 0 Å². The Balaban J connectivity index is 1.30. The molecule has 0 spiro atoms. The second-order valence-electron chi connectivity index (χ2n) is 10.4. The number of rotatable bonds is 6. The first-order valence-electron chi connectivity index (χ1n) is 13.3. The van der Waals surface area contributed by atoms with Gasteiger partial charge in [-0.1, -0.05) is 65.5 Å². The summed E-state index contributed by atoms with van der Waals surface area (Å²) in [4.78, 5) is 19.5. The molecule has 11 heteroatoms. The van der Waals surface area contributed by atoms with Crippen LogP contribution in [-0.2, 0) is 11.1 Å². The molecular weight excluding hydrogens is 518 g/mol. The van der Waals surface area contributed by atoms with Gasteiger partial charge in [0.2, 0.25) is 0 Å². The predicted octanol–water partition coefficient (Wildman–Crippen LogP) is 7.55. The van der Waals surface area contributed by atoms with Gasteiger partial charge >= 0.3 is 13.1 Å². The number of amides is 1. The van der Waals surface area contributed by atoms with Crippen LogP contribution in [0.25, 0.3) is 21.6 Å². The summed E-state index contributed by atoms with van der Waals surface area (Å²) in [5.41, 5.74) is 16.2. The first-order chi connectivity index (χ1) is 19.1. The van der Waals surface area contributed by atoms with Crippen LogP contribution in [0.1, 0.15) is 39.3 Å². The summed E-state index contributed by atoms with van der Waals surface area (Å²) >= 11 is 0. The molecule has 7 nitrogen and oxygen atoms in total. The molecule has 1 amide bonds. The van der Waals surface area contributed by atoms with Crippen LogP contribution in [-0.4, -0.2) is 50.8 Å². The van der Waals surface area contributed by atoms with Gasteiger partial charge in [-0.3, -0.25) is 0 Å². The van der Waals surface area contributed by atoms with Crippen molar-refractivity contribution in [3.8, 4) is 11.1 Å². The molecule has 1 fully saturated rings. The zero-order valence-electron chi connectivity index (χ0n) is 22.7. The van der Waals surface area contributed by atoms with Gasteiger partial charge in [-0.2, -0.15) is 0 Å². The first kappa shape index (κ1) is 27.5. The molecule has 5 rings (SSSR count). The van der Waals surface area contributed by atoms with Gasteiger partial charge in [0.25, 0.3) is 0 Å². The smallest absolute Gasteiger partial charge is 0.449 e. The van der Waals surface area contributed by atoms with Crippen LogP contribution in [0.15, 0.2) is 53.6 Å². The van der Waals surface area contributed by atoms with Crippen LogP contribution in [0.4, 0.5) is 29.1 Å². The third-order valence-electron chi connectivity index (χ3n) is 8.10. The van der Waals surface area contributed by atoms with Crippen LogP contribution in [0.5, 0.6) is 0 Å². The van der Waals surface area contributed by atoms with E-state index < -0.39 is 19.4 Å². The lowest BCUT2D eigenvalue weighted by molar-refractivity contribution is 0.0976. The van der Waals surface area contributed by atoms with Crippen molar-refractivity contribution < 1.29 is 22.5 Å². The summed E-state index contributed by atoms with van der Waals surface area (Å²) in [6.45, 7) is 1.72. The summed E-state index contributed by atoms with van der Waals surface area (Å²) in [6, 6.07) is 16.3. The molecule has 0 bridgehead atoms. The highest BCUT2D eigenvalue weighted by Gasteiger charge is 2.32. The molecule has 2 aliphatic rings. The molecule has 0 N–H and O–H groups in total.